The molecule has 0 radical (unpaired) electrons. The maximum Gasteiger partial charge on any atom is 0.294 e. The zero-order valence-corrected chi connectivity index (χ0v) is 21.4. The van der Waals surface area contributed by atoms with E-state index < -0.39 is 17.1 Å². The van der Waals surface area contributed by atoms with Crippen molar-refractivity contribution in [1.29, 1.82) is 0 Å². The lowest BCUT2D eigenvalue weighted by Gasteiger charge is -2.13. The van der Waals surface area contributed by atoms with Crippen LogP contribution in [0, 0.1) is 0 Å². The number of amides is 3. The highest BCUT2D eigenvalue weighted by Crippen LogP contribution is 2.34. The van der Waals surface area contributed by atoms with E-state index in [4.69, 9.17) is 16.3 Å². The van der Waals surface area contributed by atoms with Crippen LogP contribution in [0.2, 0.25) is 5.02 Å². The Balaban J connectivity index is 1.42. The summed E-state index contributed by atoms with van der Waals surface area (Å²) in [7, 11) is 0. The molecule has 3 aromatic carbocycles. The molecule has 3 aromatic rings. The molecule has 3 amide bonds. The summed E-state index contributed by atoms with van der Waals surface area (Å²) in [6.07, 6.45) is 1.62. The highest BCUT2D eigenvalue weighted by molar-refractivity contribution is 8.18. The van der Waals surface area contributed by atoms with Gasteiger partial charge in [0.05, 0.1) is 4.91 Å². The summed E-state index contributed by atoms with van der Waals surface area (Å²) < 4.78 is 5.95. The highest BCUT2D eigenvalue weighted by atomic mass is 35.5. The number of halogens is 1. The molecular weight excluding hydrogens is 496 g/mol. The SMILES string of the molecule is CC(C)c1ccc(NC(=O)CN2C(=O)S/C(=C/c3ccccc3OCc3ccc(Cl)cc3)C2=O)cc1. The predicted octanol–water partition coefficient (Wildman–Crippen LogP) is 6.72. The number of ether oxygens (including phenoxy) is 1. The molecule has 0 spiro atoms. The lowest BCUT2D eigenvalue weighted by atomic mass is 10.0. The Morgan fingerprint density at radius 2 is 1.72 bits per heavy atom. The van der Waals surface area contributed by atoms with Crippen molar-refractivity contribution in [1.82, 2.24) is 4.90 Å². The number of hydrogen-bond donors (Lipinski definition) is 1. The second-order valence-corrected chi connectivity index (χ2v) is 9.98. The fraction of sp³-hybridized carbons (Fsp3) is 0.179. The van der Waals surface area contributed by atoms with Gasteiger partial charge < -0.3 is 10.1 Å². The standard InChI is InChI=1S/C28H25ClN2O4S/c1-18(2)20-9-13-23(14-10-20)30-26(32)16-31-27(33)25(36-28(31)34)15-21-5-3-4-6-24(21)35-17-19-7-11-22(29)12-8-19/h3-15,18H,16-17H2,1-2H3,(H,30,32)/b25-15+. The number of imide groups is 1. The largest absolute Gasteiger partial charge is 0.488 e. The molecule has 0 aliphatic carbocycles. The van der Waals surface area contributed by atoms with Gasteiger partial charge in [0, 0.05) is 16.3 Å². The predicted molar refractivity (Wildman–Crippen MR) is 144 cm³/mol. The van der Waals surface area contributed by atoms with Gasteiger partial charge in [0.2, 0.25) is 5.91 Å². The molecule has 8 heteroatoms. The maximum atomic E-state index is 12.9. The third-order valence-electron chi connectivity index (χ3n) is 5.55. The minimum atomic E-state index is -0.511. The number of hydrogen-bond acceptors (Lipinski definition) is 5. The van der Waals surface area contributed by atoms with Crippen LogP contribution in [-0.4, -0.2) is 28.5 Å². The summed E-state index contributed by atoms with van der Waals surface area (Å²) in [5.74, 6) is -0.00279. The minimum Gasteiger partial charge on any atom is -0.488 e. The van der Waals surface area contributed by atoms with Crippen LogP contribution in [-0.2, 0) is 16.2 Å². The van der Waals surface area contributed by atoms with Gasteiger partial charge in [0.25, 0.3) is 11.1 Å². The van der Waals surface area contributed by atoms with Crippen molar-refractivity contribution in [3.8, 4) is 5.75 Å². The minimum absolute atomic E-state index is 0.233. The molecule has 1 saturated heterocycles. The Labute approximate surface area is 219 Å². The van der Waals surface area contributed by atoms with Crippen LogP contribution in [0.4, 0.5) is 10.5 Å². The van der Waals surface area contributed by atoms with E-state index in [1.165, 1.54) is 0 Å². The Morgan fingerprint density at radius 1 is 1.03 bits per heavy atom. The van der Waals surface area contributed by atoms with Crippen LogP contribution in [0.25, 0.3) is 6.08 Å². The maximum absolute atomic E-state index is 12.9. The Kier molecular flexibility index (Phi) is 8.13. The smallest absolute Gasteiger partial charge is 0.294 e. The third kappa shape index (κ3) is 6.36. The van der Waals surface area contributed by atoms with Gasteiger partial charge in [-0.3, -0.25) is 19.3 Å². The van der Waals surface area contributed by atoms with Gasteiger partial charge in [0.1, 0.15) is 18.9 Å². The zero-order valence-electron chi connectivity index (χ0n) is 19.9. The van der Waals surface area contributed by atoms with E-state index in [1.54, 1.807) is 30.3 Å². The summed E-state index contributed by atoms with van der Waals surface area (Å²) in [5, 5.41) is 2.90. The molecule has 0 unspecified atom stereocenters. The van der Waals surface area contributed by atoms with Crippen LogP contribution >= 0.6 is 23.4 Å². The van der Waals surface area contributed by atoms with Gasteiger partial charge in [-0.1, -0.05) is 67.9 Å². The van der Waals surface area contributed by atoms with Crippen molar-refractivity contribution < 1.29 is 19.1 Å². The van der Waals surface area contributed by atoms with E-state index in [2.05, 4.69) is 19.2 Å². The van der Waals surface area contributed by atoms with Crippen LogP contribution in [0.5, 0.6) is 5.75 Å². The second-order valence-electron chi connectivity index (χ2n) is 8.55. The molecule has 0 aromatic heterocycles. The second kappa shape index (κ2) is 11.5. The summed E-state index contributed by atoms with van der Waals surface area (Å²) in [6.45, 7) is 4.14. The normalized spacial score (nSPS) is 14.6. The van der Waals surface area contributed by atoms with Gasteiger partial charge in [-0.25, -0.2) is 0 Å². The molecule has 1 aliphatic heterocycles. The number of carbonyl (C=O) groups is 3. The first-order valence-electron chi connectivity index (χ1n) is 11.4. The van der Waals surface area contributed by atoms with Crippen molar-refractivity contribution in [2.45, 2.75) is 26.4 Å². The molecule has 6 nitrogen and oxygen atoms in total. The van der Waals surface area contributed by atoms with Crippen molar-refractivity contribution in [2.75, 3.05) is 11.9 Å². The Bertz CT molecular complexity index is 1300. The molecule has 0 bridgehead atoms. The lowest BCUT2D eigenvalue weighted by molar-refractivity contribution is -0.127. The average Bonchev–Trinajstić information content (AvgIpc) is 3.12. The molecule has 4 rings (SSSR count). The lowest BCUT2D eigenvalue weighted by Crippen LogP contribution is -2.36. The quantitative estimate of drug-likeness (QED) is 0.334. The van der Waals surface area contributed by atoms with Crippen molar-refractivity contribution >= 4 is 52.2 Å². The first-order chi connectivity index (χ1) is 17.3. The highest BCUT2D eigenvalue weighted by Gasteiger charge is 2.36. The first-order valence-corrected chi connectivity index (χ1v) is 12.6. The number of benzene rings is 3. The number of nitrogens with zero attached hydrogens (tertiary/aromatic N) is 1. The van der Waals surface area contributed by atoms with E-state index in [1.807, 2.05) is 48.5 Å². The molecule has 184 valence electrons. The number of rotatable bonds is 8. The number of carbonyl (C=O) groups excluding carboxylic acids is 3. The van der Waals surface area contributed by atoms with Gasteiger partial charge in [-0.05, 0) is 65.2 Å². The van der Waals surface area contributed by atoms with E-state index >= 15 is 0 Å². The van der Waals surface area contributed by atoms with Crippen molar-refractivity contribution in [3.05, 3.63) is 99.4 Å². The van der Waals surface area contributed by atoms with E-state index in [0.717, 1.165) is 27.8 Å². The first kappa shape index (κ1) is 25.5. The summed E-state index contributed by atoms with van der Waals surface area (Å²) in [5.41, 5.74) is 3.37. The topological polar surface area (TPSA) is 75.7 Å². The molecule has 0 atom stereocenters. The van der Waals surface area contributed by atoms with Gasteiger partial charge in [-0.2, -0.15) is 0 Å². The molecular formula is C28H25ClN2O4S. The summed E-state index contributed by atoms with van der Waals surface area (Å²) in [4.78, 5) is 39.2. The number of nitrogens with one attached hydrogen (secondary N) is 1. The Morgan fingerprint density at radius 3 is 2.42 bits per heavy atom. The van der Waals surface area contributed by atoms with E-state index in [9.17, 15) is 14.4 Å². The number of anilines is 1. The van der Waals surface area contributed by atoms with Crippen LogP contribution in [0.3, 0.4) is 0 Å². The molecule has 36 heavy (non-hydrogen) atoms. The van der Waals surface area contributed by atoms with Crippen LogP contribution < -0.4 is 10.1 Å². The fourth-order valence-electron chi connectivity index (χ4n) is 3.55. The van der Waals surface area contributed by atoms with Crippen LogP contribution in [0.1, 0.15) is 36.5 Å². The molecule has 1 aliphatic rings. The average molecular weight is 521 g/mol. The molecule has 1 N–H and O–H groups in total. The van der Waals surface area contributed by atoms with Crippen molar-refractivity contribution in [2.24, 2.45) is 0 Å². The number of thioether (sulfide) groups is 1. The summed E-state index contributed by atoms with van der Waals surface area (Å²) in [6, 6.07) is 22.1. The van der Waals surface area contributed by atoms with E-state index in [0.29, 0.717) is 34.5 Å². The van der Waals surface area contributed by atoms with Crippen molar-refractivity contribution in [3.63, 3.8) is 0 Å². The van der Waals surface area contributed by atoms with Gasteiger partial charge in [-0.15, -0.1) is 0 Å². The van der Waals surface area contributed by atoms with Gasteiger partial charge in [0.15, 0.2) is 0 Å². The molecule has 1 heterocycles. The van der Waals surface area contributed by atoms with Gasteiger partial charge >= 0.3 is 0 Å². The fourth-order valence-corrected chi connectivity index (χ4v) is 4.50. The van der Waals surface area contributed by atoms with E-state index in [-0.39, 0.29) is 11.4 Å². The monoisotopic (exact) mass is 520 g/mol. The summed E-state index contributed by atoms with van der Waals surface area (Å²) >= 11 is 6.74. The molecule has 1 fully saturated rings. The third-order valence-corrected chi connectivity index (χ3v) is 6.71. The zero-order chi connectivity index (χ0) is 25.7. The molecule has 0 saturated carbocycles. The van der Waals surface area contributed by atoms with Crippen LogP contribution in [0.15, 0.2) is 77.7 Å². The number of para-hydroxylation sites is 1. The Hall–Kier alpha value is -3.55.